The molecule has 0 radical (unpaired) electrons. The molecule has 7 aromatic rings. The van der Waals surface area contributed by atoms with Crippen molar-refractivity contribution >= 4 is 44.7 Å². The van der Waals surface area contributed by atoms with Crippen LogP contribution in [-0.4, -0.2) is 10.4 Å². The molecular weight excluding hydrogens is 657 g/mol. The van der Waals surface area contributed by atoms with Crippen LogP contribution >= 0.6 is 0 Å². The summed E-state index contributed by atoms with van der Waals surface area (Å²) >= 11 is 0. The Bertz CT molecular complexity index is 2670. The zero-order valence-electron chi connectivity index (χ0n) is 30.9. The van der Waals surface area contributed by atoms with E-state index >= 15 is 0 Å². The molecule has 262 valence electrons. The molecule has 1 N–H and O–H groups in total. The SMILES string of the molecule is C=C/C=C(\C=C/C)C1=CC(c2ccccc2)NC(c2ccc(-n3c4ccccc4c4cc5c(cc43)C(C)(C)c3ccccc3N5c3ccccc3)cc2)=N1. The highest BCUT2D eigenvalue weighted by molar-refractivity contribution is 6.12. The lowest BCUT2D eigenvalue weighted by Crippen LogP contribution is -2.31. The van der Waals surface area contributed by atoms with Crippen molar-refractivity contribution in [3.05, 3.63) is 216 Å². The maximum Gasteiger partial charge on any atom is 0.134 e. The van der Waals surface area contributed by atoms with Crippen molar-refractivity contribution in [1.82, 2.24) is 9.88 Å². The third-order valence-electron chi connectivity index (χ3n) is 10.9. The first kappa shape index (κ1) is 33.2. The van der Waals surface area contributed by atoms with E-state index in [0.29, 0.717) is 0 Å². The third kappa shape index (κ3) is 5.50. The van der Waals surface area contributed by atoms with E-state index in [0.717, 1.165) is 34.0 Å². The van der Waals surface area contributed by atoms with Crippen LogP contribution in [0.15, 0.2) is 199 Å². The Morgan fingerprint density at radius 2 is 1.41 bits per heavy atom. The van der Waals surface area contributed by atoms with Gasteiger partial charge in [0.15, 0.2) is 0 Å². The van der Waals surface area contributed by atoms with Crippen LogP contribution in [0.5, 0.6) is 0 Å². The summed E-state index contributed by atoms with van der Waals surface area (Å²) < 4.78 is 2.42. The predicted molar refractivity (Wildman–Crippen MR) is 228 cm³/mol. The molecule has 3 heterocycles. The number of nitrogens with zero attached hydrogens (tertiary/aromatic N) is 3. The van der Waals surface area contributed by atoms with Crippen LogP contribution in [0.4, 0.5) is 17.1 Å². The molecule has 1 aromatic heterocycles. The first-order chi connectivity index (χ1) is 26.5. The standard InChI is InChI=1S/C50H42N4/c1-5-17-34(18-6-2)43-33-44(35-19-9-7-10-20-35)52-49(51-43)36-27-29-38(30-28-36)53-45-25-15-13-23-39(45)40-31-48-42(32-47(40)53)50(3,4)41-24-14-16-26-46(41)54(48)37-21-11-8-12-22-37/h5-33,44H,1H2,2-4H3,(H,51,52)/b18-6-,34-17+. The number of benzene rings is 6. The predicted octanol–water partition coefficient (Wildman–Crippen LogP) is 12.6. The van der Waals surface area contributed by atoms with Crippen LogP contribution in [0.3, 0.4) is 0 Å². The van der Waals surface area contributed by atoms with Gasteiger partial charge in [0.05, 0.1) is 34.1 Å². The molecule has 6 aromatic carbocycles. The van der Waals surface area contributed by atoms with Gasteiger partial charge in [0.1, 0.15) is 5.84 Å². The summed E-state index contributed by atoms with van der Waals surface area (Å²) in [4.78, 5) is 7.60. The molecule has 9 rings (SSSR count). The van der Waals surface area contributed by atoms with Gasteiger partial charge in [-0.05, 0) is 95.9 Å². The van der Waals surface area contributed by atoms with E-state index in [1.54, 1.807) is 0 Å². The van der Waals surface area contributed by atoms with Crippen molar-refractivity contribution in [1.29, 1.82) is 0 Å². The maximum absolute atomic E-state index is 5.16. The summed E-state index contributed by atoms with van der Waals surface area (Å²) in [6, 6.07) is 52.6. The monoisotopic (exact) mass is 698 g/mol. The van der Waals surface area contributed by atoms with E-state index in [-0.39, 0.29) is 11.5 Å². The zero-order valence-corrected chi connectivity index (χ0v) is 30.9. The smallest absolute Gasteiger partial charge is 0.134 e. The van der Waals surface area contributed by atoms with Gasteiger partial charge in [0.25, 0.3) is 0 Å². The van der Waals surface area contributed by atoms with E-state index in [1.807, 2.05) is 25.2 Å². The number of para-hydroxylation sites is 3. The lowest BCUT2D eigenvalue weighted by Gasteiger charge is -2.42. The number of anilines is 3. The second-order valence-corrected chi connectivity index (χ2v) is 14.5. The minimum atomic E-state index is -0.215. The van der Waals surface area contributed by atoms with Crippen molar-refractivity contribution in [2.45, 2.75) is 32.2 Å². The number of aromatic nitrogens is 1. The lowest BCUT2D eigenvalue weighted by atomic mass is 9.73. The Labute approximate surface area is 317 Å². The Kier molecular flexibility index (Phi) is 8.24. The van der Waals surface area contributed by atoms with Crippen molar-refractivity contribution in [2.75, 3.05) is 4.90 Å². The Balaban J connectivity index is 1.19. The van der Waals surface area contributed by atoms with Crippen molar-refractivity contribution in [3.8, 4) is 5.69 Å². The third-order valence-corrected chi connectivity index (χ3v) is 10.9. The highest BCUT2D eigenvalue weighted by atomic mass is 15.2. The van der Waals surface area contributed by atoms with Crippen molar-refractivity contribution in [3.63, 3.8) is 0 Å². The molecule has 0 saturated carbocycles. The van der Waals surface area contributed by atoms with Gasteiger partial charge >= 0.3 is 0 Å². The molecule has 0 saturated heterocycles. The van der Waals surface area contributed by atoms with Crippen LogP contribution in [0.2, 0.25) is 0 Å². The van der Waals surface area contributed by atoms with Crippen LogP contribution in [0.25, 0.3) is 27.5 Å². The molecule has 1 atom stereocenters. The average Bonchev–Trinajstić information content (AvgIpc) is 3.54. The Morgan fingerprint density at radius 1 is 0.704 bits per heavy atom. The molecule has 0 aliphatic carbocycles. The highest BCUT2D eigenvalue weighted by Gasteiger charge is 2.37. The Morgan fingerprint density at radius 3 is 2.17 bits per heavy atom. The first-order valence-electron chi connectivity index (χ1n) is 18.7. The summed E-state index contributed by atoms with van der Waals surface area (Å²) in [6.45, 7) is 10.7. The summed E-state index contributed by atoms with van der Waals surface area (Å²) in [7, 11) is 0. The van der Waals surface area contributed by atoms with Gasteiger partial charge in [-0.15, -0.1) is 0 Å². The van der Waals surface area contributed by atoms with Gasteiger partial charge in [-0.1, -0.05) is 130 Å². The molecule has 2 aliphatic heterocycles. The number of aliphatic imine (C=N–C) groups is 1. The maximum atomic E-state index is 5.16. The molecule has 54 heavy (non-hydrogen) atoms. The number of rotatable bonds is 7. The molecular formula is C50H42N4. The molecule has 4 heteroatoms. The number of fused-ring (bicyclic) bond motifs is 5. The molecule has 0 fully saturated rings. The van der Waals surface area contributed by atoms with Crippen LogP contribution in [0.1, 0.15) is 49.1 Å². The quantitative estimate of drug-likeness (QED) is 0.168. The fourth-order valence-electron chi connectivity index (χ4n) is 8.28. The average molecular weight is 699 g/mol. The molecule has 1 unspecified atom stereocenters. The number of amidine groups is 1. The van der Waals surface area contributed by atoms with Gasteiger partial charge in [0, 0.05) is 33.1 Å². The van der Waals surface area contributed by atoms with E-state index in [9.17, 15) is 0 Å². The number of hydrogen-bond donors (Lipinski definition) is 1. The van der Waals surface area contributed by atoms with E-state index < -0.39 is 0 Å². The minimum Gasteiger partial charge on any atom is -0.359 e. The largest absolute Gasteiger partial charge is 0.359 e. The van der Waals surface area contributed by atoms with E-state index in [2.05, 4.69) is 193 Å². The van der Waals surface area contributed by atoms with Crippen LogP contribution < -0.4 is 10.2 Å². The Hall–Kier alpha value is -6.65. The first-order valence-corrected chi connectivity index (χ1v) is 18.7. The number of nitrogens with one attached hydrogen (secondary N) is 1. The fraction of sp³-hybridized carbons (Fsp3) is 0.100. The summed E-state index contributed by atoms with van der Waals surface area (Å²) in [5, 5.41) is 6.18. The molecule has 0 bridgehead atoms. The van der Waals surface area contributed by atoms with Crippen LogP contribution in [-0.2, 0) is 5.41 Å². The van der Waals surface area contributed by atoms with Crippen molar-refractivity contribution in [2.24, 2.45) is 4.99 Å². The van der Waals surface area contributed by atoms with Gasteiger partial charge in [-0.2, -0.15) is 0 Å². The summed E-state index contributed by atoms with van der Waals surface area (Å²) in [5.74, 6) is 0.838. The lowest BCUT2D eigenvalue weighted by molar-refractivity contribution is 0.632. The normalized spacial score (nSPS) is 16.5. The summed E-state index contributed by atoms with van der Waals surface area (Å²) in [6.07, 6.45) is 10.2. The second-order valence-electron chi connectivity index (χ2n) is 14.5. The number of hydrogen-bond acceptors (Lipinski definition) is 3. The summed E-state index contributed by atoms with van der Waals surface area (Å²) in [5.41, 5.74) is 13.6. The van der Waals surface area contributed by atoms with Crippen LogP contribution in [0, 0.1) is 0 Å². The minimum absolute atomic E-state index is 0.0284. The van der Waals surface area contributed by atoms with Gasteiger partial charge in [-0.3, -0.25) is 0 Å². The van der Waals surface area contributed by atoms with Gasteiger partial charge in [-0.25, -0.2) is 4.99 Å². The van der Waals surface area contributed by atoms with Crippen molar-refractivity contribution < 1.29 is 0 Å². The second kappa shape index (κ2) is 13.4. The van der Waals surface area contributed by atoms with Gasteiger partial charge in [0.2, 0.25) is 0 Å². The molecule has 0 amide bonds. The molecule has 0 spiro atoms. The topological polar surface area (TPSA) is 32.6 Å². The van der Waals surface area contributed by atoms with E-state index in [4.69, 9.17) is 4.99 Å². The van der Waals surface area contributed by atoms with E-state index in [1.165, 1.54) is 49.9 Å². The molecule has 2 aliphatic rings. The van der Waals surface area contributed by atoms with Gasteiger partial charge < -0.3 is 14.8 Å². The highest BCUT2D eigenvalue weighted by Crippen LogP contribution is 2.53. The number of allylic oxidation sites excluding steroid dienone is 4. The molecule has 4 nitrogen and oxygen atoms in total. The fourth-order valence-corrected chi connectivity index (χ4v) is 8.28. The zero-order chi connectivity index (χ0) is 36.8.